The van der Waals surface area contributed by atoms with E-state index >= 15 is 0 Å². The van der Waals surface area contributed by atoms with Gasteiger partial charge in [0.25, 0.3) is 0 Å². The monoisotopic (exact) mass is 339 g/mol. The lowest BCUT2D eigenvalue weighted by molar-refractivity contribution is -0.142. The van der Waals surface area contributed by atoms with E-state index in [-0.39, 0.29) is 30.8 Å². The van der Waals surface area contributed by atoms with Crippen molar-refractivity contribution in [2.24, 2.45) is 0 Å². The van der Waals surface area contributed by atoms with E-state index in [1.54, 1.807) is 17.0 Å². The van der Waals surface area contributed by atoms with Crippen molar-refractivity contribution < 1.29 is 19.1 Å². The standard InChI is InChI=1S/C17H22ClNO4/c1-22-17(21)8-9-19(12-15-3-2-10-23-15)16(20)11-13-4-6-14(18)7-5-13/h4-7,15H,2-3,8-12H2,1H3. The highest BCUT2D eigenvalue weighted by Crippen LogP contribution is 2.15. The Hall–Kier alpha value is -1.59. The third-order valence-corrected chi connectivity index (χ3v) is 4.13. The van der Waals surface area contributed by atoms with E-state index in [9.17, 15) is 9.59 Å². The van der Waals surface area contributed by atoms with Gasteiger partial charge in [0.15, 0.2) is 0 Å². The molecule has 6 heteroatoms. The topological polar surface area (TPSA) is 55.8 Å². The zero-order chi connectivity index (χ0) is 16.7. The number of rotatable bonds is 7. The average Bonchev–Trinajstić information content (AvgIpc) is 3.06. The fourth-order valence-corrected chi connectivity index (χ4v) is 2.69. The van der Waals surface area contributed by atoms with Crippen molar-refractivity contribution in [1.82, 2.24) is 4.90 Å². The Labute approximate surface area is 141 Å². The predicted octanol–water partition coefficient (Wildman–Crippen LogP) is 2.45. The van der Waals surface area contributed by atoms with Crippen LogP contribution in [0.25, 0.3) is 0 Å². The van der Waals surface area contributed by atoms with Crippen molar-refractivity contribution in [3.05, 3.63) is 34.9 Å². The number of methoxy groups -OCH3 is 1. The van der Waals surface area contributed by atoms with Gasteiger partial charge in [0.1, 0.15) is 0 Å². The van der Waals surface area contributed by atoms with Crippen molar-refractivity contribution in [3.8, 4) is 0 Å². The molecule has 1 atom stereocenters. The number of carbonyl (C=O) groups is 2. The molecule has 0 saturated carbocycles. The molecule has 23 heavy (non-hydrogen) atoms. The molecule has 0 radical (unpaired) electrons. The molecule has 1 aliphatic rings. The van der Waals surface area contributed by atoms with Gasteiger partial charge in [0, 0.05) is 24.7 Å². The Kier molecular flexibility index (Phi) is 6.86. The lowest BCUT2D eigenvalue weighted by atomic mass is 10.1. The minimum atomic E-state index is -0.318. The third-order valence-electron chi connectivity index (χ3n) is 3.88. The quantitative estimate of drug-likeness (QED) is 0.716. The van der Waals surface area contributed by atoms with Crippen LogP contribution < -0.4 is 0 Å². The van der Waals surface area contributed by atoms with Crippen molar-refractivity contribution in [2.75, 3.05) is 26.8 Å². The summed E-state index contributed by atoms with van der Waals surface area (Å²) in [7, 11) is 1.35. The summed E-state index contributed by atoms with van der Waals surface area (Å²) in [6, 6.07) is 7.21. The summed E-state index contributed by atoms with van der Waals surface area (Å²) < 4.78 is 10.3. The molecule has 1 aromatic rings. The Balaban J connectivity index is 1.96. The molecule has 0 bridgehead atoms. The third kappa shape index (κ3) is 5.84. The largest absolute Gasteiger partial charge is 0.469 e. The second-order valence-electron chi connectivity index (χ2n) is 5.60. The van der Waals surface area contributed by atoms with Crippen LogP contribution in [0.3, 0.4) is 0 Å². The van der Waals surface area contributed by atoms with Crippen LogP contribution in [0.4, 0.5) is 0 Å². The molecular formula is C17H22ClNO4. The lowest BCUT2D eigenvalue weighted by Gasteiger charge is -2.25. The number of halogens is 1. The van der Waals surface area contributed by atoms with Crippen LogP contribution in [0.1, 0.15) is 24.8 Å². The fraction of sp³-hybridized carbons (Fsp3) is 0.529. The smallest absolute Gasteiger partial charge is 0.307 e. The number of benzene rings is 1. The predicted molar refractivity (Wildman–Crippen MR) is 87.3 cm³/mol. The van der Waals surface area contributed by atoms with Gasteiger partial charge in [-0.15, -0.1) is 0 Å². The van der Waals surface area contributed by atoms with Gasteiger partial charge in [-0.25, -0.2) is 0 Å². The van der Waals surface area contributed by atoms with E-state index in [4.69, 9.17) is 16.3 Å². The van der Waals surface area contributed by atoms with E-state index in [2.05, 4.69) is 4.74 Å². The van der Waals surface area contributed by atoms with E-state index in [1.165, 1.54) is 7.11 Å². The summed E-state index contributed by atoms with van der Waals surface area (Å²) in [5, 5.41) is 0.642. The van der Waals surface area contributed by atoms with Gasteiger partial charge in [0.2, 0.25) is 5.91 Å². The summed E-state index contributed by atoms with van der Waals surface area (Å²) in [5.41, 5.74) is 0.898. The highest BCUT2D eigenvalue weighted by atomic mass is 35.5. The van der Waals surface area contributed by atoms with Gasteiger partial charge in [-0.2, -0.15) is 0 Å². The molecule has 0 aromatic heterocycles. The molecule has 1 heterocycles. The molecule has 1 unspecified atom stereocenters. The second kappa shape index (κ2) is 8.89. The average molecular weight is 340 g/mol. The van der Waals surface area contributed by atoms with Crippen LogP contribution >= 0.6 is 11.6 Å². The first-order valence-electron chi connectivity index (χ1n) is 7.79. The molecule has 126 valence electrons. The molecular weight excluding hydrogens is 318 g/mol. The summed E-state index contributed by atoms with van der Waals surface area (Å²) in [4.78, 5) is 25.6. The van der Waals surface area contributed by atoms with Gasteiger partial charge in [-0.3, -0.25) is 9.59 Å². The second-order valence-corrected chi connectivity index (χ2v) is 6.04. The van der Waals surface area contributed by atoms with E-state index in [0.717, 1.165) is 25.0 Å². The molecule has 2 rings (SSSR count). The SMILES string of the molecule is COC(=O)CCN(CC1CCCO1)C(=O)Cc1ccc(Cl)cc1. The minimum Gasteiger partial charge on any atom is -0.469 e. The molecule has 1 amide bonds. The number of hydrogen-bond donors (Lipinski definition) is 0. The number of carbonyl (C=O) groups excluding carboxylic acids is 2. The van der Waals surface area contributed by atoms with Crippen LogP contribution in [-0.2, 0) is 25.5 Å². The highest BCUT2D eigenvalue weighted by Gasteiger charge is 2.23. The van der Waals surface area contributed by atoms with Gasteiger partial charge in [-0.05, 0) is 30.5 Å². The molecule has 0 spiro atoms. The molecule has 1 saturated heterocycles. The maximum Gasteiger partial charge on any atom is 0.307 e. The lowest BCUT2D eigenvalue weighted by Crippen LogP contribution is -2.39. The molecule has 5 nitrogen and oxygen atoms in total. The molecule has 1 fully saturated rings. The zero-order valence-corrected chi connectivity index (χ0v) is 14.1. The van der Waals surface area contributed by atoms with Gasteiger partial charge < -0.3 is 14.4 Å². The molecule has 1 aromatic carbocycles. The Morgan fingerprint density at radius 3 is 2.70 bits per heavy atom. The van der Waals surface area contributed by atoms with Crippen LogP contribution in [0.2, 0.25) is 5.02 Å². The Morgan fingerprint density at radius 2 is 2.09 bits per heavy atom. The summed E-state index contributed by atoms with van der Waals surface area (Å²) in [6.07, 6.45) is 2.49. The van der Waals surface area contributed by atoms with Crippen molar-refractivity contribution in [2.45, 2.75) is 31.8 Å². The maximum atomic E-state index is 12.6. The maximum absolute atomic E-state index is 12.6. The normalized spacial score (nSPS) is 17.0. The molecule has 0 aliphatic carbocycles. The summed E-state index contributed by atoms with van der Waals surface area (Å²) in [6.45, 7) is 1.60. The first-order chi connectivity index (χ1) is 11.1. The van der Waals surface area contributed by atoms with Crippen LogP contribution in [-0.4, -0.2) is 49.7 Å². The van der Waals surface area contributed by atoms with E-state index in [0.29, 0.717) is 18.1 Å². The van der Waals surface area contributed by atoms with E-state index < -0.39 is 0 Å². The number of esters is 1. The highest BCUT2D eigenvalue weighted by molar-refractivity contribution is 6.30. The first-order valence-corrected chi connectivity index (χ1v) is 8.17. The number of ether oxygens (including phenoxy) is 2. The summed E-state index contributed by atoms with van der Waals surface area (Å²) >= 11 is 5.86. The van der Waals surface area contributed by atoms with Crippen LogP contribution in [0, 0.1) is 0 Å². The fourth-order valence-electron chi connectivity index (χ4n) is 2.57. The number of nitrogens with zero attached hydrogens (tertiary/aromatic N) is 1. The Morgan fingerprint density at radius 1 is 1.35 bits per heavy atom. The number of hydrogen-bond acceptors (Lipinski definition) is 4. The van der Waals surface area contributed by atoms with Crippen LogP contribution in [0.5, 0.6) is 0 Å². The zero-order valence-electron chi connectivity index (χ0n) is 13.3. The van der Waals surface area contributed by atoms with Crippen LogP contribution in [0.15, 0.2) is 24.3 Å². The molecule has 0 N–H and O–H groups in total. The minimum absolute atomic E-state index is 0.0216. The van der Waals surface area contributed by atoms with Gasteiger partial charge in [0.05, 0.1) is 26.1 Å². The summed E-state index contributed by atoms with van der Waals surface area (Å²) in [5.74, 6) is -0.339. The van der Waals surface area contributed by atoms with Gasteiger partial charge in [-0.1, -0.05) is 23.7 Å². The van der Waals surface area contributed by atoms with Crippen molar-refractivity contribution in [1.29, 1.82) is 0 Å². The van der Waals surface area contributed by atoms with Gasteiger partial charge >= 0.3 is 5.97 Å². The first kappa shape index (κ1) is 17.8. The number of amides is 1. The van der Waals surface area contributed by atoms with E-state index in [1.807, 2.05) is 12.1 Å². The Bertz CT molecular complexity index is 526. The van der Waals surface area contributed by atoms with Crippen molar-refractivity contribution in [3.63, 3.8) is 0 Å². The molecule has 1 aliphatic heterocycles. The van der Waals surface area contributed by atoms with Crippen molar-refractivity contribution >= 4 is 23.5 Å².